The lowest BCUT2D eigenvalue weighted by Crippen LogP contribution is -2.10. The van der Waals surface area contributed by atoms with Gasteiger partial charge in [-0.05, 0) is 24.6 Å². The van der Waals surface area contributed by atoms with Crippen molar-refractivity contribution < 1.29 is 32.3 Å². The molecule has 184 valence electrons. The highest BCUT2D eigenvalue weighted by Gasteiger charge is 2.28. The summed E-state index contributed by atoms with van der Waals surface area (Å²) in [5.74, 6) is -4.81. The number of furan rings is 1. The maximum atomic E-state index is 14.8. The van der Waals surface area contributed by atoms with E-state index < -0.39 is 28.9 Å². The number of benzene rings is 2. The molecule has 0 saturated heterocycles. The standard InChI is InChI=1S/C25H20F2N4O5/c1-5-19(32)29-13-8-6-7-12(2)23(13)31-25-28-11-18-14(30-25)9-17(36-18)24(33)20-21(26)15(34-3)10-16(35-4)22(20)27/h5-11H,1H2,2-4H3,(H,29,32)(H,28,30,31). The first-order valence-electron chi connectivity index (χ1n) is 10.5. The number of nitrogens with zero attached hydrogens (tertiary/aromatic N) is 2. The van der Waals surface area contributed by atoms with E-state index in [1.807, 2.05) is 13.0 Å². The normalized spacial score (nSPS) is 10.7. The van der Waals surface area contributed by atoms with Gasteiger partial charge < -0.3 is 24.5 Å². The molecule has 4 aromatic rings. The minimum Gasteiger partial charge on any atom is -0.494 e. The molecule has 2 heterocycles. The largest absolute Gasteiger partial charge is 0.494 e. The fraction of sp³-hybridized carbons (Fsp3) is 0.120. The lowest BCUT2D eigenvalue weighted by Gasteiger charge is -2.13. The molecule has 0 atom stereocenters. The van der Waals surface area contributed by atoms with Crippen molar-refractivity contribution in [2.24, 2.45) is 0 Å². The minimum atomic E-state index is -1.19. The van der Waals surface area contributed by atoms with Crippen LogP contribution in [0.25, 0.3) is 11.1 Å². The van der Waals surface area contributed by atoms with E-state index in [0.717, 1.165) is 17.7 Å². The zero-order chi connectivity index (χ0) is 26.0. The van der Waals surface area contributed by atoms with E-state index in [1.165, 1.54) is 26.5 Å². The first-order valence-corrected chi connectivity index (χ1v) is 10.5. The van der Waals surface area contributed by atoms with Crippen LogP contribution < -0.4 is 20.1 Å². The molecular formula is C25H20F2N4O5. The molecule has 2 N–H and O–H groups in total. The summed E-state index contributed by atoms with van der Waals surface area (Å²) in [6.07, 6.45) is 2.45. The SMILES string of the molecule is C=CC(=O)Nc1cccc(C)c1Nc1ncc2oc(C(=O)c3c(F)c(OC)cc(OC)c3F)cc2n1. The summed E-state index contributed by atoms with van der Waals surface area (Å²) in [4.78, 5) is 33.3. The van der Waals surface area contributed by atoms with Crippen molar-refractivity contribution in [3.63, 3.8) is 0 Å². The number of ether oxygens (including phenoxy) is 2. The summed E-state index contributed by atoms with van der Waals surface area (Å²) in [6, 6.07) is 7.53. The number of hydrogen-bond donors (Lipinski definition) is 2. The van der Waals surface area contributed by atoms with Crippen LogP contribution in [0.5, 0.6) is 11.5 Å². The minimum absolute atomic E-state index is 0.115. The molecule has 0 fully saturated rings. The molecular weight excluding hydrogens is 474 g/mol. The molecule has 2 aromatic carbocycles. The van der Waals surface area contributed by atoms with Gasteiger partial charge in [0, 0.05) is 12.1 Å². The topological polar surface area (TPSA) is 116 Å². The highest BCUT2D eigenvalue weighted by Crippen LogP contribution is 2.34. The number of carbonyl (C=O) groups is 2. The molecule has 0 radical (unpaired) electrons. The van der Waals surface area contributed by atoms with E-state index in [1.54, 1.807) is 12.1 Å². The van der Waals surface area contributed by atoms with Crippen LogP contribution >= 0.6 is 0 Å². The average Bonchev–Trinajstić information content (AvgIpc) is 3.30. The number of ketones is 1. The molecule has 9 nitrogen and oxygen atoms in total. The second-order valence-electron chi connectivity index (χ2n) is 7.48. The number of carbonyl (C=O) groups excluding carboxylic acids is 2. The number of aromatic nitrogens is 2. The smallest absolute Gasteiger partial charge is 0.247 e. The van der Waals surface area contributed by atoms with Crippen molar-refractivity contribution in [2.75, 3.05) is 24.9 Å². The molecule has 0 bridgehead atoms. The van der Waals surface area contributed by atoms with E-state index in [-0.39, 0.29) is 34.3 Å². The number of amides is 1. The molecule has 0 aliphatic heterocycles. The van der Waals surface area contributed by atoms with Gasteiger partial charge in [0.25, 0.3) is 0 Å². The van der Waals surface area contributed by atoms with E-state index in [0.29, 0.717) is 11.4 Å². The second kappa shape index (κ2) is 9.82. The Morgan fingerprint density at radius 3 is 2.44 bits per heavy atom. The van der Waals surface area contributed by atoms with Crippen molar-refractivity contribution >= 4 is 40.1 Å². The van der Waals surface area contributed by atoms with Gasteiger partial charge in [-0.2, -0.15) is 0 Å². The highest BCUT2D eigenvalue weighted by atomic mass is 19.1. The molecule has 1 amide bonds. The van der Waals surface area contributed by atoms with Crippen molar-refractivity contribution in [3.05, 3.63) is 77.7 Å². The van der Waals surface area contributed by atoms with Gasteiger partial charge in [0.1, 0.15) is 11.1 Å². The maximum absolute atomic E-state index is 14.8. The maximum Gasteiger partial charge on any atom is 0.247 e. The van der Waals surface area contributed by atoms with Gasteiger partial charge in [-0.15, -0.1) is 0 Å². The highest BCUT2D eigenvalue weighted by molar-refractivity contribution is 6.09. The Hall–Kier alpha value is -4.80. The van der Waals surface area contributed by atoms with E-state index >= 15 is 0 Å². The predicted molar refractivity (Wildman–Crippen MR) is 128 cm³/mol. The molecule has 36 heavy (non-hydrogen) atoms. The van der Waals surface area contributed by atoms with E-state index in [9.17, 15) is 18.4 Å². The van der Waals surface area contributed by atoms with Crippen LogP contribution in [-0.2, 0) is 4.79 Å². The second-order valence-corrected chi connectivity index (χ2v) is 7.48. The van der Waals surface area contributed by atoms with Gasteiger partial charge in [-0.3, -0.25) is 9.59 Å². The summed E-state index contributed by atoms with van der Waals surface area (Å²) in [5, 5.41) is 5.73. The fourth-order valence-electron chi connectivity index (χ4n) is 3.45. The van der Waals surface area contributed by atoms with Gasteiger partial charge in [-0.1, -0.05) is 18.7 Å². The molecule has 0 unspecified atom stereocenters. The zero-order valence-corrected chi connectivity index (χ0v) is 19.4. The summed E-state index contributed by atoms with van der Waals surface area (Å²) in [5.41, 5.74) is 1.24. The Morgan fingerprint density at radius 2 is 1.81 bits per heavy atom. The van der Waals surface area contributed by atoms with Crippen molar-refractivity contribution in [1.82, 2.24) is 9.97 Å². The molecule has 0 aliphatic rings. The van der Waals surface area contributed by atoms with Gasteiger partial charge >= 0.3 is 0 Å². The summed E-state index contributed by atoms with van der Waals surface area (Å²) < 4.78 is 44.8. The van der Waals surface area contributed by atoms with Crippen molar-refractivity contribution in [2.45, 2.75) is 6.92 Å². The van der Waals surface area contributed by atoms with Crippen molar-refractivity contribution in [1.29, 1.82) is 0 Å². The third-order valence-electron chi connectivity index (χ3n) is 5.25. The lowest BCUT2D eigenvalue weighted by atomic mass is 10.1. The molecule has 11 heteroatoms. The molecule has 2 aromatic heterocycles. The fourth-order valence-corrected chi connectivity index (χ4v) is 3.45. The van der Waals surface area contributed by atoms with Crippen LogP contribution in [0.4, 0.5) is 26.1 Å². The Morgan fingerprint density at radius 1 is 1.11 bits per heavy atom. The Kier molecular flexibility index (Phi) is 6.64. The Labute approximate surface area is 203 Å². The van der Waals surface area contributed by atoms with Crippen LogP contribution in [0.3, 0.4) is 0 Å². The predicted octanol–water partition coefficient (Wildman–Crippen LogP) is 4.93. The first kappa shape index (κ1) is 24.3. The number of halogens is 2. The third-order valence-corrected chi connectivity index (χ3v) is 5.25. The van der Waals surface area contributed by atoms with Crippen LogP contribution in [0.2, 0.25) is 0 Å². The molecule has 0 spiro atoms. The van der Waals surface area contributed by atoms with Crippen LogP contribution in [0, 0.1) is 18.6 Å². The monoisotopic (exact) mass is 494 g/mol. The number of aryl methyl sites for hydroxylation is 1. The number of rotatable bonds is 8. The van der Waals surface area contributed by atoms with Crippen molar-refractivity contribution in [3.8, 4) is 11.5 Å². The third kappa shape index (κ3) is 4.45. The number of hydrogen-bond acceptors (Lipinski definition) is 8. The molecule has 0 aliphatic carbocycles. The van der Waals surface area contributed by atoms with Crippen LogP contribution in [0.15, 0.2) is 53.6 Å². The van der Waals surface area contributed by atoms with Gasteiger partial charge in [0.2, 0.25) is 17.6 Å². The van der Waals surface area contributed by atoms with Gasteiger partial charge in [-0.25, -0.2) is 18.7 Å². The number of methoxy groups -OCH3 is 2. The van der Waals surface area contributed by atoms with Gasteiger partial charge in [0.05, 0.1) is 31.8 Å². The van der Waals surface area contributed by atoms with E-state index in [2.05, 4.69) is 27.2 Å². The zero-order valence-electron chi connectivity index (χ0n) is 19.4. The summed E-state index contributed by atoms with van der Waals surface area (Å²) in [6.45, 7) is 5.26. The van der Waals surface area contributed by atoms with Crippen LogP contribution in [-0.4, -0.2) is 35.9 Å². The average molecular weight is 494 g/mol. The molecule has 0 saturated carbocycles. The quantitative estimate of drug-likeness (QED) is 0.262. The van der Waals surface area contributed by atoms with Crippen LogP contribution in [0.1, 0.15) is 21.7 Å². The summed E-state index contributed by atoms with van der Waals surface area (Å²) >= 11 is 0. The number of fused-ring (bicyclic) bond motifs is 1. The van der Waals surface area contributed by atoms with Gasteiger partial charge in [0.15, 0.2) is 34.5 Å². The first-order chi connectivity index (χ1) is 17.3. The summed E-state index contributed by atoms with van der Waals surface area (Å²) in [7, 11) is 2.36. The Balaban J connectivity index is 1.70. The Bertz CT molecular complexity index is 1490. The number of nitrogens with one attached hydrogen (secondary N) is 2. The number of para-hydroxylation sites is 1. The molecule has 4 rings (SSSR count). The lowest BCUT2D eigenvalue weighted by molar-refractivity contribution is -0.111. The van der Waals surface area contributed by atoms with E-state index in [4.69, 9.17) is 13.9 Å². The number of anilines is 3.